The molecular weight excluding hydrogens is 321 g/mol. The lowest BCUT2D eigenvalue weighted by Gasteiger charge is -2.18. The number of nitrogens with one attached hydrogen (secondary N) is 1. The molecule has 0 aliphatic rings. The van der Waals surface area contributed by atoms with E-state index in [0.29, 0.717) is 18.4 Å². The van der Waals surface area contributed by atoms with E-state index in [9.17, 15) is 14.0 Å². The number of hydrogen-bond acceptors (Lipinski definition) is 2. The zero-order valence-corrected chi connectivity index (χ0v) is 14.1. The molecule has 0 bridgehead atoms. The van der Waals surface area contributed by atoms with Gasteiger partial charge in [0.25, 0.3) is 0 Å². The SMILES string of the molecule is CC(CCC(=O)NC(CC(=O)O)c1ccc(F)cc1)c1ccccc1. The molecular formula is C20H22FNO3. The Labute approximate surface area is 146 Å². The lowest BCUT2D eigenvalue weighted by molar-refractivity contribution is -0.137. The Kier molecular flexibility index (Phi) is 6.69. The van der Waals surface area contributed by atoms with E-state index < -0.39 is 17.8 Å². The summed E-state index contributed by atoms with van der Waals surface area (Å²) >= 11 is 0. The summed E-state index contributed by atoms with van der Waals surface area (Å²) in [5.41, 5.74) is 1.74. The van der Waals surface area contributed by atoms with Gasteiger partial charge in [0.1, 0.15) is 5.82 Å². The average molecular weight is 343 g/mol. The highest BCUT2D eigenvalue weighted by Gasteiger charge is 2.18. The van der Waals surface area contributed by atoms with E-state index in [4.69, 9.17) is 5.11 Å². The van der Waals surface area contributed by atoms with E-state index in [1.165, 1.54) is 24.3 Å². The number of halogens is 1. The smallest absolute Gasteiger partial charge is 0.305 e. The minimum absolute atomic E-state index is 0.210. The second kappa shape index (κ2) is 8.97. The number of carboxylic acid groups (broad SMARTS) is 1. The van der Waals surface area contributed by atoms with E-state index in [1.54, 1.807) is 0 Å². The highest BCUT2D eigenvalue weighted by atomic mass is 19.1. The van der Waals surface area contributed by atoms with Crippen molar-refractivity contribution in [3.8, 4) is 0 Å². The molecule has 1 amide bonds. The van der Waals surface area contributed by atoms with Crippen molar-refractivity contribution < 1.29 is 19.1 Å². The highest BCUT2D eigenvalue weighted by molar-refractivity contribution is 5.77. The molecule has 2 aromatic carbocycles. The summed E-state index contributed by atoms with van der Waals surface area (Å²) < 4.78 is 13.0. The minimum atomic E-state index is -1.02. The Bertz CT molecular complexity index is 701. The Morgan fingerprint density at radius 3 is 2.28 bits per heavy atom. The number of aliphatic carboxylic acids is 1. The standard InChI is InChI=1S/C20H22FNO3/c1-14(15-5-3-2-4-6-15)7-12-19(23)22-18(13-20(24)25)16-8-10-17(21)11-9-16/h2-6,8-11,14,18H,7,12-13H2,1H3,(H,22,23)(H,24,25). The molecule has 0 saturated heterocycles. The topological polar surface area (TPSA) is 66.4 Å². The van der Waals surface area contributed by atoms with Crippen molar-refractivity contribution in [2.75, 3.05) is 0 Å². The molecule has 0 fully saturated rings. The Hall–Kier alpha value is -2.69. The van der Waals surface area contributed by atoms with Crippen LogP contribution in [0.15, 0.2) is 54.6 Å². The van der Waals surface area contributed by atoms with Crippen molar-refractivity contribution in [2.24, 2.45) is 0 Å². The van der Waals surface area contributed by atoms with Gasteiger partial charge in [0.15, 0.2) is 0 Å². The van der Waals surface area contributed by atoms with Gasteiger partial charge in [-0.05, 0) is 35.6 Å². The number of carbonyl (C=O) groups excluding carboxylic acids is 1. The summed E-state index contributed by atoms with van der Waals surface area (Å²) in [6.45, 7) is 2.05. The van der Waals surface area contributed by atoms with E-state index in [2.05, 4.69) is 12.2 Å². The first-order chi connectivity index (χ1) is 12.0. The number of amides is 1. The number of carboxylic acids is 1. The zero-order valence-electron chi connectivity index (χ0n) is 14.1. The highest BCUT2D eigenvalue weighted by Crippen LogP contribution is 2.21. The summed E-state index contributed by atoms with van der Waals surface area (Å²) in [5, 5.41) is 11.8. The molecule has 0 aromatic heterocycles. The van der Waals surface area contributed by atoms with Gasteiger partial charge in [-0.1, -0.05) is 49.4 Å². The van der Waals surface area contributed by atoms with Gasteiger partial charge < -0.3 is 10.4 Å². The van der Waals surface area contributed by atoms with Crippen LogP contribution in [0.5, 0.6) is 0 Å². The third-order valence-electron chi connectivity index (χ3n) is 4.16. The van der Waals surface area contributed by atoms with Crippen LogP contribution in [0.1, 0.15) is 49.3 Å². The van der Waals surface area contributed by atoms with Gasteiger partial charge in [0, 0.05) is 6.42 Å². The fraction of sp³-hybridized carbons (Fsp3) is 0.300. The monoisotopic (exact) mass is 343 g/mol. The minimum Gasteiger partial charge on any atom is -0.481 e. The van der Waals surface area contributed by atoms with Crippen LogP contribution in [0.3, 0.4) is 0 Å². The summed E-state index contributed by atoms with van der Waals surface area (Å²) in [6, 6.07) is 14.8. The molecule has 5 heteroatoms. The molecule has 0 radical (unpaired) electrons. The molecule has 25 heavy (non-hydrogen) atoms. The molecule has 2 N–H and O–H groups in total. The fourth-order valence-corrected chi connectivity index (χ4v) is 2.68. The van der Waals surface area contributed by atoms with Gasteiger partial charge in [-0.3, -0.25) is 9.59 Å². The number of benzene rings is 2. The van der Waals surface area contributed by atoms with Crippen LogP contribution in [-0.2, 0) is 9.59 Å². The lowest BCUT2D eigenvalue weighted by atomic mass is 9.96. The molecule has 132 valence electrons. The summed E-state index contributed by atoms with van der Waals surface area (Å²) in [5.74, 6) is -1.40. The van der Waals surface area contributed by atoms with Gasteiger partial charge in [-0.25, -0.2) is 4.39 Å². The third-order valence-corrected chi connectivity index (χ3v) is 4.16. The normalized spacial score (nSPS) is 13.0. The van der Waals surface area contributed by atoms with Crippen molar-refractivity contribution in [1.29, 1.82) is 0 Å². The second-order valence-corrected chi connectivity index (χ2v) is 6.12. The summed E-state index contributed by atoms with van der Waals surface area (Å²) in [4.78, 5) is 23.3. The third kappa shape index (κ3) is 6.03. The zero-order chi connectivity index (χ0) is 18.2. The first-order valence-electron chi connectivity index (χ1n) is 8.27. The predicted molar refractivity (Wildman–Crippen MR) is 93.6 cm³/mol. The lowest BCUT2D eigenvalue weighted by Crippen LogP contribution is -2.30. The van der Waals surface area contributed by atoms with Crippen molar-refractivity contribution in [2.45, 2.75) is 38.1 Å². The van der Waals surface area contributed by atoms with E-state index in [1.807, 2.05) is 30.3 Å². The number of hydrogen-bond donors (Lipinski definition) is 2. The van der Waals surface area contributed by atoms with Gasteiger partial charge in [-0.2, -0.15) is 0 Å². The molecule has 2 atom stereocenters. The molecule has 2 unspecified atom stereocenters. The molecule has 0 heterocycles. The number of rotatable bonds is 8. The maximum absolute atomic E-state index is 13.0. The first kappa shape index (κ1) is 18.6. The van der Waals surface area contributed by atoms with Crippen LogP contribution < -0.4 is 5.32 Å². The van der Waals surface area contributed by atoms with Gasteiger partial charge >= 0.3 is 5.97 Å². The molecule has 0 aliphatic heterocycles. The maximum atomic E-state index is 13.0. The van der Waals surface area contributed by atoms with Gasteiger partial charge in [-0.15, -0.1) is 0 Å². The van der Waals surface area contributed by atoms with Gasteiger partial charge in [0.2, 0.25) is 5.91 Å². The van der Waals surface area contributed by atoms with Crippen LogP contribution >= 0.6 is 0 Å². The predicted octanol–water partition coefficient (Wildman–Crippen LogP) is 4.04. The van der Waals surface area contributed by atoms with Crippen LogP contribution in [0.2, 0.25) is 0 Å². The quantitative estimate of drug-likeness (QED) is 0.760. The Morgan fingerprint density at radius 2 is 1.68 bits per heavy atom. The van der Waals surface area contributed by atoms with E-state index >= 15 is 0 Å². The van der Waals surface area contributed by atoms with Crippen molar-refractivity contribution in [1.82, 2.24) is 5.32 Å². The Morgan fingerprint density at radius 1 is 1.04 bits per heavy atom. The average Bonchev–Trinajstić information content (AvgIpc) is 2.60. The summed E-state index contributed by atoms with van der Waals surface area (Å²) in [6.07, 6.45) is 0.720. The first-order valence-corrected chi connectivity index (χ1v) is 8.27. The Balaban J connectivity index is 1.94. The van der Waals surface area contributed by atoms with Crippen molar-refractivity contribution in [3.63, 3.8) is 0 Å². The molecule has 2 rings (SSSR count). The summed E-state index contributed by atoms with van der Waals surface area (Å²) in [7, 11) is 0. The molecule has 2 aromatic rings. The van der Waals surface area contributed by atoms with E-state index in [0.717, 1.165) is 5.56 Å². The number of carbonyl (C=O) groups is 2. The maximum Gasteiger partial charge on any atom is 0.305 e. The second-order valence-electron chi connectivity index (χ2n) is 6.12. The van der Waals surface area contributed by atoms with Crippen molar-refractivity contribution >= 4 is 11.9 Å². The largest absolute Gasteiger partial charge is 0.481 e. The van der Waals surface area contributed by atoms with Crippen LogP contribution in [-0.4, -0.2) is 17.0 Å². The van der Waals surface area contributed by atoms with Crippen LogP contribution in [0, 0.1) is 5.82 Å². The van der Waals surface area contributed by atoms with Crippen LogP contribution in [0.25, 0.3) is 0 Å². The van der Waals surface area contributed by atoms with Crippen LogP contribution in [0.4, 0.5) is 4.39 Å². The molecule has 0 saturated carbocycles. The molecule has 0 aliphatic carbocycles. The molecule has 0 spiro atoms. The van der Waals surface area contributed by atoms with Gasteiger partial charge in [0.05, 0.1) is 12.5 Å². The molecule has 4 nitrogen and oxygen atoms in total. The fourth-order valence-electron chi connectivity index (χ4n) is 2.68. The van der Waals surface area contributed by atoms with E-state index in [-0.39, 0.29) is 18.2 Å². The van der Waals surface area contributed by atoms with Crippen molar-refractivity contribution in [3.05, 3.63) is 71.5 Å².